The molecular formula is C11H18N2O4S. The summed E-state index contributed by atoms with van der Waals surface area (Å²) in [4.78, 5) is 25.4. The van der Waals surface area contributed by atoms with Crippen molar-refractivity contribution in [3.8, 4) is 0 Å². The summed E-state index contributed by atoms with van der Waals surface area (Å²) in [6.45, 7) is 3.60. The van der Waals surface area contributed by atoms with Gasteiger partial charge in [-0.25, -0.2) is 8.42 Å². The monoisotopic (exact) mass is 274 g/mol. The van der Waals surface area contributed by atoms with Crippen LogP contribution in [0.25, 0.3) is 0 Å². The van der Waals surface area contributed by atoms with Crippen molar-refractivity contribution in [2.45, 2.75) is 38.3 Å². The quantitative estimate of drug-likeness (QED) is 0.685. The molecule has 2 aliphatic rings. The molecule has 0 radical (unpaired) electrons. The van der Waals surface area contributed by atoms with Gasteiger partial charge in [0.05, 0.1) is 11.5 Å². The minimum Gasteiger partial charge on any atom is -0.342 e. The first-order valence-corrected chi connectivity index (χ1v) is 7.86. The van der Waals surface area contributed by atoms with E-state index in [4.69, 9.17) is 0 Å². The number of rotatable bonds is 1. The van der Waals surface area contributed by atoms with E-state index in [1.54, 1.807) is 18.7 Å². The van der Waals surface area contributed by atoms with E-state index in [1.165, 1.54) is 0 Å². The van der Waals surface area contributed by atoms with Crippen LogP contribution in [0.4, 0.5) is 0 Å². The molecule has 0 spiro atoms. The molecule has 0 aromatic carbocycles. The molecule has 1 N–H and O–H groups in total. The minimum atomic E-state index is -3.03. The zero-order valence-electron chi connectivity index (χ0n) is 10.6. The van der Waals surface area contributed by atoms with Gasteiger partial charge in [-0.1, -0.05) is 0 Å². The van der Waals surface area contributed by atoms with Crippen molar-refractivity contribution in [1.82, 2.24) is 10.2 Å². The van der Waals surface area contributed by atoms with Crippen molar-refractivity contribution in [1.29, 1.82) is 0 Å². The second kappa shape index (κ2) is 4.22. The van der Waals surface area contributed by atoms with Gasteiger partial charge < -0.3 is 10.2 Å². The predicted molar refractivity (Wildman–Crippen MR) is 65.6 cm³/mol. The summed E-state index contributed by atoms with van der Waals surface area (Å²) in [5.74, 6) is -0.223. The summed E-state index contributed by atoms with van der Waals surface area (Å²) in [7, 11) is -3.03. The number of hydrogen-bond donors (Lipinski definition) is 1. The molecule has 18 heavy (non-hydrogen) atoms. The van der Waals surface area contributed by atoms with Crippen LogP contribution in [0, 0.1) is 0 Å². The maximum absolute atomic E-state index is 12.3. The Hall–Kier alpha value is -1.11. The zero-order valence-corrected chi connectivity index (χ0v) is 11.4. The smallest absolute Gasteiger partial charge is 0.248 e. The summed E-state index contributed by atoms with van der Waals surface area (Å²) >= 11 is 0. The lowest BCUT2D eigenvalue weighted by molar-refractivity contribution is -0.138. The first-order chi connectivity index (χ1) is 8.21. The second-order valence-corrected chi connectivity index (χ2v) is 7.71. The Kier molecular flexibility index (Phi) is 3.12. The molecule has 0 bridgehead atoms. The van der Waals surface area contributed by atoms with E-state index in [0.29, 0.717) is 13.0 Å². The Labute approximate surface area is 107 Å². The predicted octanol–water partition coefficient (Wildman–Crippen LogP) is -0.699. The molecule has 2 heterocycles. The van der Waals surface area contributed by atoms with Crippen LogP contribution in [0.2, 0.25) is 0 Å². The van der Waals surface area contributed by atoms with Gasteiger partial charge in [-0.2, -0.15) is 0 Å². The fraction of sp³-hybridized carbons (Fsp3) is 0.818. The highest BCUT2D eigenvalue weighted by atomic mass is 32.2. The number of carbonyl (C=O) groups is 2. The molecule has 2 fully saturated rings. The second-order valence-electron chi connectivity index (χ2n) is 5.48. The lowest BCUT2D eigenvalue weighted by Gasteiger charge is -2.32. The SMILES string of the molecule is CC1(C)NC(=O)CCN(C2CCS(=O)(=O)C2)C1=O. The average molecular weight is 274 g/mol. The fourth-order valence-corrected chi connectivity index (χ4v) is 4.25. The third-order valence-electron chi connectivity index (χ3n) is 3.48. The van der Waals surface area contributed by atoms with Crippen LogP contribution in [0.1, 0.15) is 26.7 Å². The van der Waals surface area contributed by atoms with Gasteiger partial charge in [0.1, 0.15) is 5.54 Å². The maximum atomic E-state index is 12.3. The van der Waals surface area contributed by atoms with Crippen LogP contribution in [0.5, 0.6) is 0 Å². The van der Waals surface area contributed by atoms with Gasteiger partial charge >= 0.3 is 0 Å². The van der Waals surface area contributed by atoms with E-state index in [9.17, 15) is 18.0 Å². The Balaban J connectivity index is 2.22. The third-order valence-corrected chi connectivity index (χ3v) is 5.23. The van der Waals surface area contributed by atoms with Gasteiger partial charge in [0.15, 0.2) is 9.84 Å². The Morgan fingerprint density at radius 1 is 1.33 bits per heavy atom. The molecule has 7 heteroatoms. The number of nitrogens with one attached hydrogen (secondary N) is 1. The van der Waals surface area contributed by atoms with Crippen LogP contribution >= 0.6 is 0 Å². The largest absolute Gasteiger partial charge is 0.342 e. The van der Waals surface area contributed by atoms with Crippen molar-refractivity contribution in [2.75, 3.05) is 18.1 Å². The minimum absolute atomic E-state index is 0.0169. The summed E-state index contributed by atoms with van der Waals surface area (Å²) in [5, 5.41) is 2.66. The van der Waals surface area contributed by atoms with Crippen LogP contribution in [-0.4, -0.2) is 54.8 Å². The highest BCUT2D eigenvalue weighted by molar-refractivity contribution is 7.91. The van der Waals surface area contributed by atoms with Crippen molar-refractivity contribution < 1.29 is 18.0 Å². The van der Waals surface area contributed by atoms with Crippen molar-refractivity contribution in [3.05, 3.63) is 0 Å². The molecule has 2 saturated heterocycles. The number of sulfone groups is 1. The molecule has 2 amide bonds. The summed E-state index contributed by atoms with van der Waals surface area (Å²) in [6, 6.07) is -0.283. The molecule has 0 saturated carbocycles. The van der Waals surface area contributed by atoms with Crippen LogP contribution < -0.4 is 5.32 Å². The molecule has 0 aromatic heterocycles. The third kappa shape index (κ3) is 2.50. The van der Waals surface area contributed by atoms with Crippen LogP contribution in [0.15, 0.2) is 0 Å². The highest BCUT2D eigenvalue weighted by Gasteiger charge is 2.42. The Morgan fingerprint density at radius 2 is 2.00 bits per heavy atom. The maximum Gasteiger partial charge on any atom is 0.248 e. The lowest BCUT2D eigenvalue weighted by atomic mass is 10.0. The molecular weight excluding hydrogens is 256 g/mol. The zero-order chi connectivity index (χ0) is 13.6. The molecule has 2 aliphatic heterocycles. The van der Waals surface area contributed by atoms with Gasteiger partial charge in [-0.15, -0.1) is 0 Å². The number of amides is 2. The highest BCUT2D eigenvalue weighted by Crippen LogP contribution is 2.23. The van der Waals surface area contributed by atoms with E-state index in [2.05, 4.69) is 5.32 Å². The fourth-order valence-electron chi connectivity index (χ4n) is 2.52. The average Bonchev–Trinajstić information content (AvgIpc) is 2.53. The van der Waals surface area contributed by atoms with E-state index >= 15 is 0 Å². The first kappa shape index (κ1) is 13.3. The molecule has 0 aliphatic carbocycles. The standard InChI is InChI=1S/C11H18N2O4S/c1-11(2)10(15)13(5-3-9(14)12-11)8-4-6-18(16,17)7-8/h8H,3-7H2,1-2H3,(H,12,14). The number of hydrogen-bond acceptors (Lipinski definition) is 4. The van der Waals surface area contributed by atoms with Crippen molar-refractivity contribution in [3.63, 3.8) is 0 Å². The van der Waals surface area contributed by atoms with E-state index in [0.717, 1.165) is 0 Å². The number of nitrogens with zero attached hydrogens (tertiary/aromatic N) is 1. The molecule has 0 aromatic rings. The normalized spacial score (nSPS) is 31.0. The van der Waals surface area contributed by atoms with Gasteiger partial charge in [0.25, 0.3) is 0 Å². The Morgan fingerprint density at radius 3 is 2.56 bits per heavy atom. The van der Waals surface area contributed by atoms with Crippen LogP contribution in [0.3, 0.4) is 0 Å². The summed E-state index contributed by atoms with van der Waals surface area (Å²) < 4.78 is 23.0. The molecule has 1 unspecified atom stereocenters. The van der Waals surface area contributed by atoms with Crippen LogP contribution in [-0.2, 0) is 19.4 Å². The lowest BCUT2D eigenvalue weighted by Crippen LogP contribution is -2.55. The summed E-state index contributed by atoms with van der Waals surface area (Å²) in [6.07, 6.45) is 0.698. The molecule has 102 valence electrons. The summed E-state index contributed by atoms with van der Waals surface area (Å²) in [5.41, 5.74) is -0.958. The van der Waals surface area contributed by atoms with Gasteiger partial charge in [0, 0.05) is 19.0 Å². The van der Waals surface area contributed by atoms with Crippen molar-refractivity contribution in [2.24, 2.45) is 0 Å². The van der Waals surface area contributed by atoms with E-state index < -0.39 is 15.4 Å². The van der Waals surface area contributed by atoms with Gasteiger partial charge in [0.2, 0.25) is 11.8 Å². The van der Waals surface area contributed by atoms with E-state index in [1.807, 2.05) is 0 Å². The van der Waals surface area contributed by atoms with Gasteiger partial charge in [-0.05, 0) is 20.3 Å². The van der Waals surface area contributed by atoms with Gasteiger partial charge in [-0.3, -0.25) is 9.59 Å². The molecule has 1 atom stereocenters. The van der Waals surface area contributed by atoms with Crippen molar-refractivity contribution >= 4 is 21.7 Å². The topological polar surface area (TPSA) is 83.6 Å². The number of carbonyl (C=O) groups excluding carboxylic acids is 2. The molecule has 6 nitrogen and oxygen atoms in total. The Bertz CT molecular complexity index is 483. The molecule has 2 rings (SSSR count). The first-order valence-electron chi connectivity index (χ1n) is 6.04. The van der Waals surface area contributed by atoms with E-state index in [-0.39, 0.29) is 35.8 Å².